The number of hydrogen-bond acceptors (Lipinski definition) is 2. The number of nitrogens with zero attached hydrogens (tertiary/aromatic N) is 1. The van der Waals surface area contributed by atoms with Crippen LogP contribution in [0, 0.1) is 18.6 Å². The van der Waals surface area contributed by atoms with Crippen molar-refractivity contribution in [3.63, 3.8) is 0 Å². The van der Waals surface area contributed by atoms with Crippen LogP contribution in [0.2, 0.25) is 0 Å². The molecule has 0 bridgehead atoms. The molecule has 20 heavy (non-hydrogen) atoms. The lowest BCUT2D eigenvalue weighted by Gasteiger charge is -2.08. The quantitative estimate of drug-likeness (QED) is 0.839. The van der Waals surface area contributed by atoms with E-state index >= 15 is 0 Å². The van der Waals surface area contributed by atoms with Gasteiger partial charge >= 0.3 is 0 Å². The van der Waals surface area contributed by atoms with Gasteiger partial charge in [-0.05, 0) is 49.2 Å². The van der Waals surface area contributed by atoms with E-state index in [-0.39, 0.29) is 5.56 Å². The van der Waals surface area contributed by atoms with Crippen molar-refractivity contribution in [2.24, 2.45) is 0 Å². The summed E-state index contributed by atoms with van der Waals surface area (Å²) in [5.74, 6) is -0.833. The van der Waals surface area contributed by atoms with Gasteiger partial charge in [-0.25, -0.2) is 8.78 Å². The third-order valence-corrected chi connectivity index (χ3v) is 3.11. The minimum atomic E-state index is -0.427. The molecule has 1 aromatic carbocycles. The number of aryl methyl sites for hydroxylation is 1. The van der Waals surface area contributed by atoms with Crippen LogP contribution in [0.25, 0.3) is 11.1 Å². The van der Waals surface area contributed by atoms with Gasteiger partial charge in [0.2, 0.25) is 0 Å². The van der Waals surface area contributed by atoms with Crippen molar-refractivity contribution in [1.82, 2.24) is 10.3 Å². The number of hydrogen-bond donors (Lipinski definition) is 1. The van der Waals surface area contributed by atoms with Crippen molar-refractivity contribution in [1.29, 1.82) is 0 Å². The van der Waals surface area contributed by atoms with Crippen molar-refractivity contribution in [2.45, 2.75) is 26.8 Å². The van der Waals surface area contributed by atoms with Gasteiger partial charge in [0.15, 0.2) is 0 Å². The van der Waals surface area contributed by atoms with Crippen LogP contribution in [0.4, 0.5) is 8.78 Å². The second-order valence-electron chi connectivity index (χ2n) is 4.84. The van der Waals surface area contributed by atoms with Crippen LogP contribution in [-0.2, 0) is 6.54 Å². The normalized spacial score (nSPS) is 10.8. The summed E-state index contributed by atoms with van der Waals surface area (Å²) in [5.41, 5.74) is 2.10. The van der Waals surface area contributed by atoms with E-state index < -0.39 is 11.6 Å². The molecule has 0 radical (unpaired) electrons. The summed E-state index contributed by atoms with van der Waals surface area (Å²) in [5, 5.41) is 3.26. The van der Waals surface area contributed by atoms with E-state index in [1.54, 1.807) is 19.3 Å². The summed E-state index contributed by atoms with van der Waals surface area (Å²) >= 11 is 0. The second kappa shape index (κ2) is 6.57. The highest BCUT2D eigenvalue weighted by Gasteiger charge is 2.10. The van der Waals surface area contributed by atoms with E-state index in [9.17, 15) is 8.78 Å². The lowest BCUT2D eigenvalue weighted by Crippen LogP contribution is -2.13. The van der Waals surface area contributed by atoms with Gasteiger partial charge in [0.05, 0.1) is 0 Å². The van der Waals surface area contributed by atoms with Crippen LogP contribution >= 0.6 is 0 Å². The zero-order valence-corrected chi connectivity index (χ0v) is 11.7. The number of halogens is 2. The Morgan fingerprint density at radius 2 is 1.90 bits per heavy atom. The van der Waals surface area contributed by atoms with E-state index in [2.05, 4.69) is 17.2 Å². The standard InChI is InChI=1S/C16H18F2N2/c1-3-4-19-8-12-6-13(10-20-9-12)14-7-15(17)11(2)5-16(14)18/h5-7,9-10,19H,3-4,8H2,1-2H3. The average Bonchev–Trinajstić information content (AvgIpc) is 2.43. The molecule has 0 spiro atoms. The van der Waals surface area contributed by atoms with Crippen LogP contribution in [0.1, 0.15) is 24.5 Å². The summed E-state index contributed by atoms with van der Waals surface area (Å²) in [6.45, 7) is 5.22. The number of aromatic nitrogens is 1. The number of pyridine rings is 1. The first-order valence-electron chi connectivity index (χ1n) is 6.72. The molecule has 0 aliphatic rings. The van der Waals surface area contributed by atoms with E-state index in [1.807, 2.05) is 6.07 Å². The Labute approximate surface area is 117 Å². The number of rotatable bonds is 5. The molecule has 1 N–H and O–H groups in total. The second-order valence-corrected chi connectivity index (χ2v) is 4.84. The molecular weight excluding hydrogens is 258 g/mol. The van der Waals surface area contributed by atoms with Gasteiger partial charge in [0.25, 0.3) is 0 Å². The summed E-state index contributed by atoms with van der Waals surface area (Å²) < 4.78 is 27.5. The van der Waals surface area contributed by atoms with Gasteiger partial charge in [0, 0.05) is 30.1 Å². The minimum absolute atomic E-state index is 0.248. The summed E-state index contributed by atoms with van der Waals surface area (Å²) in [4.78, 5) is 4.10. The van der Waals surface area contributed by atoms with Gasteiger partial charge in [-0.2, -0.15) is 0 Å². The molecule has 0 aliphatic carbocycles. The molecule has 0 saturated heterocycles. The third kappa shape index (κ3) is 3.39. The number of nitrogens with one attached hydrogen (secondary N) is 1. The van der Waals surface area contributed by atoms with E-state index in [1.165, 1.54) is 12.1 Å². The first kappa shape index (κ1) is 14.6. The van der Waals surface area contributed by atoms with Gasteiger partial charge < -0.3 is 5.32 Å². The molecule has 2 nitrogen and oxygen atoms in total. The maximum atomic E-state index is 13.9. The predicted octanol–water partition coefficient (Wildman–Crippen LogP) is 3.83. The van der Waals surface area contributed by atoms with Crippen molar-refractivity contribution in [2.75, 3.05) is 6.54 Å². The van der Waals surface area contributed by atoms with Crippen LogP contribution in [0.3, 0.4) is 0 Å². The molecule has 0 amide bonds. The first-order chi connectivity index (χ1) is 9.61. The Bertz CT molecular complexity index is 597. The molecule has 0 saturated carbocycles. The molecule has 2 aromatic rings. The van der Waals surface area contributed by atoms with E-state index in [0.717, 1.165) is 18.5 Å². The molecule has 1 aromatic heterocycles. The lowest BCUT2D eigenvalue weighted by atomic mass is 10.0. The zero-order chi connectivity index (χ0) is 14.5. The monoisotopic (exact) mass is 276 g/mol. The van der Waals surface area contributed by atoms with Crippen LogP contribution in [-0.4, -0.2) is 11.5 Å². The van der Waals surface area contributed by atoms with E-state index in [0.29, 0.717) is 17.7 Å². The summed E-state index contributed by atoms with van der Waals surface area (Å²) in [6, 6.07) is 4.28. The summed E-state index contributed by atoms with van der Waals surface area (Å²) in [7, 11) is 0. The summed E-state index contributed by atoms with van der Waals surface area (Å²) in [6.07, 6.45) is 4.33. The number of benzene rings is 1. The topological polar surface area (TPSA) is 24.9 Å². The molecule has 1 heterocycles. The maximum Gasteiger partial charge on any atom is 0.131 e. The lowest BCUT2D eigenvalue weighted by molar-refractivity contribution is 0.595. The predicted molar refractivity (Wildman–Crippen MR) is 76.3 cm³/mol. The zero-order valence-electron chi connectivity index (χ0n) is 11.7. The smallest absolute Gasteiger partial charge is 0.131 e. The molecule has 0 fully saturated rings. The van der Waals surface area contributed by atoms with Crippen molar-refractivity contribution >= 4 is 0 Å². The molecule has 4 heteroatoms. The Kier molecular flexibility index (Phi) is 4.79. The molecule has 2 rings (SSSR count). The fourth-order valence-electron chi connectivity index (χ4n) is 2.01. The molecule has 0 unspecified atom stereocenters. The Morgan fingerprint density at radius 1 is 1.10 bits per heavy atom. The van der Waals surface area contributed by atoms with Crippen LogP contribution in [0.15, 0.2) is 30.6 Å². The fourth-order valence-corrected chi connectivity index (χ4v) is 2.01. The van der Waals surface area contributed by atoms with Gasteiger partial charge in [-0.15, -0.1) is 0 Å². The van der Waals surface area contributed by atoms with Crippen LogP contribution < -0.4 is 5.32 Å². The third-order valence-electron chi connectivity index (χ3n) is 3.11. The highest BCUT2D eigenvalue weighted by atomic mass is 19.1. The van der Waals surface area contributed by atoms with Gasteiger partial charge in [-0.3, -0.25) is 4.98 Å². The van der Waals surface area contributed by atoms with Crippen molar-refractivity contribution in [3.8, 4) is 11.1 Å². The van der Waals surface area contributed by atoms with Gasteiger partial charge in [-0.1, -0.05) is 6.92 Å². The van der Waals surface area contributed by atoms with Crippen LogP contribution in [0.5, 0.6) is 0 Å². The highest BCUT2D eigenvalue weighted by molar-refractivity contribution is 5.64. The Morgan fingerprint density at radius 3 is 2.65 bits per heavy atom. The minimum Gasteiger partial charge on any atom is -0.313 e. The molecule has 106 valence electrons. The van der Waals surface area contributed by atoms with Crippen molar-refractivity contribution < 1.29 is 8.78 Å². The average molecular weight is 276 g/mol. The van der Waals surface area contributed by atoms with Gasteiger partial charge in [0.1, 0.15) is 11.6 Å². The molecular formula is C16H18F2N2. The first-order valence-corrected chi connectivity index (χ1v) is 6.72. The van der Waals surface area contributed by atoms with Crippen molar-refractivity contribution in [3.05, 3.63) is 53.4 Å². The largest absolute Gasteiger partial charge is 0.313 e. The maximum absolute atomic E-state index is 13.9. The Hall–Kier alpha value is -1.81. The van der Waals surface area contributed by atoms with E-state index in [4.69, 9.17) is 0 Å². The fraction of sp³-hybridized carbons (Fsp3) is 0.312. The molecule has 0 atom stereocenters. The molecule has 0 aliphatic heterocycles. The Balaban J connectivity index is 2.29. The highest BCUT2D eigenvalue weighted by Crippen LogP contribution is 2.25. The SMILES string of the molecule is CCCNCc1cncc(-c2cc(F)c(C)cc2F)c1.